The van der Waals surface area contributed by atoms with Gasteiger partial charge in [0.2, 0.25) is 5.91 Å². The normalized spacial score (nSPS) is 12.3. The van der Waals surface area contributed by atoms with E-state index in [-0.39, 0.29) is 42.1 Å². The third kappa shape index (κ3) is 7.55. The molecule has 9 nitrogen and oxygen atoms in total. The van der Waals surface area contributed by atoms with Gasteiger partial charge < -0.3 is 20.3 Å². The molecule has 0 saturated carbocycles. The largest absolute Gasteiger partial charge is 0.493 e. The Balaban J connectivity index is 1.79. The Morgan fingerprint density at radius 3 is 2.42 bits per heavy atom. The quantitative estimate of drug-likeness (QED) is 0.335. The van der Waals surface area contributed by atoms with E-state index >= 15 is 0 Å². The molecule has 3 rings (SSSR count). The van der Waals surface area contributed by atoms with Gasteiger partial charge in [0.05, 0.1) is 23.6 Å². The van der Waals surface area contributed by atoms with E-state index in [1.807, 2.05) is 72.2 Å². The van der Waals surface area contributed by atoms with Crippen molar-refractivity contribution in [3.8, 4) is 11.4 Å². The molecule has 0 unspecified atom stereocenters. The Labute approximate surface area is 241 Å². The average Bonchev–Trinajstić information content (AvgIpc) is 3.12. The number of hydrogen-bond donors (Lipinski definition) is 2. The molecule has 40 heavy (non-hydrogen) atoms. The van der Waals surface area contributed by atoms with Crippen molar-refractivity contribution in [2.45, 2.75) is 46.6 Å². The van der Waals surface area contributed by atoms with Gasteiger partial charge in [0.15, 0.2) is 0 Å². The first-order chi connectivity index (χ1) is 18.8. The number of anilines is 1. The van der Waals surface area contributed by atoms with Gasteiger partial charge in [-0.15, -0.1) is 0 Å². The van der Waals surface area contributed by atoms with Gasteiger partial charge in [-0.25, -0.2) is 4.68 Å². The summed E-state index contributed by atoms with van der Waals surface area (Å²) in [5.41, 5.74) is 1.15. The maximum Gasteiger partial charge on any atom is 0.295 e. The van der Waals surface area contributed by atoms with Gasteiger partial charge in [0.25, 0.3) is 11.5 Å². The molecule has 0 aliphatic rings. The molecule has 0 aliphatic carbocycles. The van der Waals surface area contributed by atoms with Crippen LogP contribution in [0, 0.1) is 5.41 Å². The highest BCUT2D eigenvalue weighted by molar-refractivity contribution is 6.31. The second-order valence-electron chi connectivity index (χ2n) is 11.0. The van der Waals surface area contributed by atoms with Gasteiger partial charge >= 0.3 is 0 Å². The molecular formula is C30H40ClN5O4. The van der Waals surface area contributed by atoms with E-state index in [1.165, 1.54) is 0 Å². The number of hydrogen-bond acceptors (Lipinski definition) is 5. The van der Waals surface area contributed by atoms with Gasteiger partial charge in [-0.1, -0.05) is 43.6 Å². The number of carbonyl (C=O) groups excluding carboxylic acids is 2. The number of ether oxygens (including phenoxy) is 1. The summed E-state index contributed by atoms with van der Waals surface area (Å²) in [5.74, 6) is -0.204. The van der Waals surface area contributed by atoms with Crippen molar-refractivity contribution in [2.75, 3.05) is 32.6 Å². The minimum absolute atomic E-state index is 0.0868. The molecule has 2 amide bonds. The average molecular weight is 570 g/mol. The monoisotopic (exact) mass is 569 g/mol. The summed E-state index contributed by atoms with van der Waals surface area (Å²) < 4.78 is 8.94. The van der Waals surface area contributed by atoms with Crippen molar-refractivity contribution < 1.29 is 14.3 Å². The van der Waals surface area contributed by atoms with Crippen molar-refractivity contribution >= 4 is 29.1 Å². The zero-order chi connectivity index (χ0) is 29.6. The van der Waals surface area contributed by atoms with E-state index in [0.29, 0.717) is 35.1 Å². The van der Waals surface area contributed by atoms with E-state index in [9.17, 15) is 14.4 Å². The number of nitrogens with zero attached hydrogens (tertiary/aromatic N) is 3. The molecule has 2 aromatic carbocycles. The third-order valence-electron chi connectivity index (χ3n) is 6.87. The first kappa shape index (κ1) is 31.0. The molecule has 1 heterocycles. The fraction of sp³-hybridized carbons (Fsp3) is 0.433. The number of rotatable bonds is 12. The molecule has 3 aromatic rings. The van der Waals surface area contributed by atoms with Crippen LogP contribution in [0.25, 0.3) is 5.69 Å². The molecule has 1 aromatic heterocycles. The minimum atomic E-state index is -0.603. The van der Waals surface area contributed by atoms with Crippen LogP contribution in [0.2, 0.25) is 5.02 Å². The third-order valence-corrected chi connectivity index (χ3v) is 7.11. The van der Waals surface area contributed by atoms with Crippen LogP contribution in [0.5, 0.6) is 5.75 Å². The van der Waals surface area contributed by atoms with Crippen LogP contribution in [0.15, 0.2) is 53.3 Å². The first-order valence-electron chi connectivity index (χ1n) is 13.4. The lowest BCUT2D eigenvalue weighted by atomic mass is 9.88. The topological polar surface area (TPSA) is 97.6 Å². The number of nitrogens with one attached hydrogen (secondary N) is 2. The second-order valence-corrected chi connectivity index (χ2v) is 11.4. The highest BCUT2D eigenvalue weighted by atomic mass is 35.5. The van der Waals surface area contributed by atoms with Crippen molar-refractivity contribution in [1.29, 1.82) is 0 Å². The molecule has 0 fully saturated rings. The zero-order valence-corrected chi connectivity index (χ0v) is 25.1. The summed E-state index contributed by atoms with van der Waals surface area (Å²) in [4.78, 5) is 41.9. The summed E-state index contributed by atoms with van der Waals surface area (Å²) in [6.07, 6.45) is 0.652. The van der Waals surface area contributed by atoms with Crippen LogP contribution < -0.4 is 20.9 Å². The van der Waals surface area contributed by atoms with Crippen LogP contribution in [-0.2, 0) is 18.3 Å². The number of halogens is 1. The molecule has 0 saturated heterocycles. The first-order valence-corrected chi connectivity index (χ1v) is 13.8. The Bertz CT molecular complexity index is 1400. The maximum atomic E-state index is 13.6. The number of amides is 2. The molecule has 0 radical (unpaired) electrons. The van der Waals surface area contributed by atoms with E-state index < -0.39 is 5.41 Å². The molecular weight excluding hydrogens is 530 g/mol. The summed E-state index contributed by atoms with van der Waals surface area (Å²) >= 11 is 6.10. The highest BCUT2D eigenvalue weighted by Crippen LogP contribution is 2.25. The van der Waals surface area contributed by atoms with Gasteiger partial charge in [-0.05, 0) is 63.7 Å². The minimum Gasteiger partial charge on any atom is -0.493 e. The number of carbonyl (C=O) groups is 2. The van der Waals surface area contributed by atoms with Gasteiger partial charge in [0, 0.05) is 37.5 Å². The standard InChI is InChI=1S/C30H40ClN5O4/c1-8-40-25-15-14-21(31)17-23(25)28(38)32-19-30(3,4)18-26(37)33-27-24(16-20(2)34(5)6)35(7)36(29(27)39)22-12-10-9-11-13-22/h9-15,17,20H,8,16,18-19H2,1-7H3,(H,32,38)(H,33,37)/t20-/m1/s1. The fourth-order valence-corrected chi connectivity index (χ4v) is 4.56. The predicted octanol–water partition coefficient (Wildman–Crippen LogP) is 4.51. The molecule has 1 atom stereocenters. The summed E-state index contributed by atoms with van der Waals surface area (Å²) in [7, 11) is 5.78. The van der Waals surface area contributed by atoms with Crippen LogP contribution in [0.1, 0.15) is 50.2 Å². The molecule has 2 N–H and O–H groups in total. The second kappa shape index (κ2) is 13.2. The summed E-state index contributed by atoms with van der Waals surface area (Å²) in [6.45, 7) is 8.32. The highest BCUT2D eigenvalue weighted by Gasteiger charge is 2.27. The van der Waals surface area contributed by atoms with Crippen molar-refractivity contribution in [2.24, 2.45) is 12.5 Å². The zero-order valence-electron chi connectivity index (χ0n) is 24.4. The summed E-state index contributed by atoms with van der Waals surface area (Å²) in [5, 5.41) is 6.23. The smallest absolute Gasteiger partial charge is 0.295 e. The number of benzene rings is 2. The SMILES string of the molecule is CCOc1ccc(Cl)cc1C(=O)NCC(C)(C)CC(=O)Nc1c(C[C@@H](C)N(C)C)n(C)n(-c2ccccc2)c1=O. The van der Waals surface area contributed by atoms with Gasteiger partial charge in [-0.2, -0.15) is 0 Å². The Hall–Kier alpha value is -3.56. The Morgan fingerprint density at radius 2 is 1.80 bits per heavy atom. The molecule has 10 heteroatoms. The van der Waals surface area contributed by atoms with Crippen LogP contribution in [0.3, 0.4) is 0 Å². The lowest BCUT2D eigenvalue weighted by molar-refractivity contribution is -0.118. The van der Waals surface area contributed by atoms with Gasteiger partial charge in [-0.3, -0.25) is 19.1 Å². The van der Waals surface area contributed by atoms with Crippen LogP contribution >= 0.6 is 11.6 Å². The fourth-order valence-electron chi connectivity index (χ4n) is 4.39. The van der Waals surface area contributed by atoms with Crippen molar-refractivity contribution in [3.05, 3.63) is 75.2 Å². The molecule has 0 bridgehead atoms. The lowest BCUT2D eigenvalue weighted by Crippen LogP contribution is -2.37. The van der Waals surface area contributed by atoms with Crippen LogP contribution in [-0.4, -0.2) is 59.4 Å². The molecule has 216 valence electrons. The van der Waals surface area contributed by atoms with E-state index in [0.717, 1.165) is 5.69 Å². The predicted molar refractivity (Wildman–Crippen MR) is 160 cm³/mol. The van der Waals surface area contributed by atoms with E-state index in [1.54, 1.807) is 27.6 Å². The van der Waals surface area contributed by atoms with Crippen molar-refractivity contribution in [3.63, 3.8) is 0 Å². The Morgan fingerprint density at radius 1 is 1.12 bits per heavy atom. The number of para-hydroxylation sites is 1. The number of aromatic nitrogens is 2. The van der Waals surface area contributed by atoms with Crippen LogP contribution in [0.4, 0.5) is 5.69 Å². The molecule has 0 spiro atoms. The van der Waals surface area contributed by atoms with Gasteiger partial charge in [0.1, 0.15) is 11.4 Å². The summed E-state index contributed by atoms with van der Waals surface area (Å²) in [6, 6.07) is 14.4. The molecule has 0 aliphatic heterocycles. The van der Waals surface area contributed by atoms with E-state index in [2.05, 4.69) is 22.5 Å². The Kier molecular flexibility index (Phi) is 10.2. The number of likely N-dealkylation sites (N-methyl/N-ethyl adjacent to an activating group) is 1. The van der Waals surface area contributed by atoms with E-state index in [4.69, 9.17) is 16.3 Å². The lowest BCUT2D eigenvalue weighted by Gasteiger charge is -2.25. The maximum absolute atomic E-state index is 13.6. The van der Waals surface area contributed by atoms with Crippen molar-refractivity contribution in [1.82, 2.24) is 19.6 Å².